The molecule has 0 saturated carbocycles. The first-order valence-corrected chi connectivity index (χ1v) is 8.58. The van der Waals surface area contributed by atoms with Crippen molar-refractivity contribution in [2.45, 2.75) is 12.5 Å². The Hall–Kier alpha value is -2.71. The van der Waals surface area contributed by atoms with Gasteiger partial charge in [0.1, 0.15) is 11.4 Å². The average Bonchev–Trinajstić information content (AvgIpc) is 3.31. The Labute approximate surface area is 163 Å². The summed E-state index contributed by atoms with van der Waals surface area (Å²) in [5.74, 6) is 0.768. The third-order valence-electron chi connectivity index (χ3n) is 4.74. The van der Waals surface area contributed by atoms with Gasteiger partial charge in [-0.2, -0.15) is 5.10 Å². The zero-order valence-electron chi connectivity index (χ0n) is 15.2. The van der Waals surface area contributed by atoms with Crippen molar-refractivity contribution in [3.05, 3.63) is 36.8 Å². The maximum atomic E-state index is 10.4. The highest BCUT2D eigenvalue weighted by molar-refractivity contribution is 5.85. The third-order valence-corrected chi connectivity index (χ3v) is 4.74. The molecule has 0 bridgehead atoms. The van der Waals surface area contributed by atoms with Gasteiger partial charge in [0.15, 0.2) is 0 Å². The monoisotopic (exact) mass is 387 g/mol. The number of hydrogen-bond donors (Lipinski definition) is 2. The number of likely N-dealkylation sites (N-methyl/N-ethyl adjacent to an activating group) is 1. The SMILES string of the molecule is CNC1CCN(c2ncc(-c3ccc(-c4cnn(C)c4)cc3O)nn2)C1.Cl. The number of hydrogen-bond acceptors (Lipinski definition) is 7. The number of halogens is 1. The first-order chi connectivity index (χ1) is 12.6. The molecule has 1 aromatic carbocycles. The zero-order chi connectivity index (χ0) is 18.1. The van der Waals surface area contributed by atoms with Gasteiger partial charge in [0.05, 0.1) is 12.4 Å². The number of rotatable bonds is 4. The van der Waals surface area contributed by atoms with E-state index in [0.717, 1.165) is 30.6 Å². The molecule has 27 heavy (non-hydrogen) atoms. The summed E-state index contributed by atoms with van der Waals surface area (Å²) < 4.78 is 1.73. The van der Waals surface area contributed by atoms with Crippen LogP contribution in [0.2, 0.25) is 0 Å². The molecule has 142 valence electrons. The molecule has 0 amide bonds. The summed E-state index contributed by atoms with van der Waals surface area (Å²) in [4.78, 5) is 6.55. The minimum Gasteiger partial charge on any atom is -0.507 e. The lowest BCUT2D eigenvalue weighted by atomic mass is 10.0. The van der Waals surface area contributed by atoms with Crippen LogP contribution in [0.3, 0.4) is 0 Å². The summed E-state index contributed by atoms with van der Waals surface area (Å²) in [6.07, 6.45) is 6.39. The summed E-state index contributed by atoms with van der Waals surface area (Å²) in [5, 5.41) is 26.4. The Balaban J connectivity index is 0.00000210. The van der Waals surface area contributed by atoms with Crippen LogP contribution in [0.4, 0.5) is 5.95 Å². The van der Waals surface area contributed by atoms with Crippen LogP contribution < -0.4 is 10.2 Å². The molecule has 1 unspecified atom stereocenters. The van der Waals surface area contributed by atoms with Gasteiger partial charge in [0, 0.05) is 43.5 Å². The zero-order valence-corrected chi connectivity index (χ0v) is 16.0. The van der Waals surface area contributed by atoms with Gasteiger partial charge in [-0.15, -0.1) is 22.6 Å². The molecular weight excluding hydrogens is 366 g/mol. The van der Waals surface area contributed by atoms with E-state index in [1.807, 2.05) is 32.4 Å². The van der Waals surface area contributed by atoms with E-state index in [0.29, 0.717) is 23.2 Å². The highest BCUT2D eigenvalue weighted by Crippen LogP contribution is 2.32. The van der Waals surface area contributed by atoms with Crippen molar-refractivity contribution in [2.24, 2.45) is 7.05 Å². The normalized spacial score (nSPS) is 16.4. The number of phenolic OH excluding ortho intramolecular Hbond substituents is 1. The summed E-state index contributed by atoms with van der Waals surface area (Å²) in [7, 11) is 3.83. The molecule has 0 spiro atoms. The van der Waals surface area contributed by atoms with Crippen molar-refractivity contribution >= 4 is 18.4 Å². The number of aromatic hydroxyl groups is 1. The first kappa shape index (κ1) is 19.1. The van der Waals surface area contributed by atoms with E-state index in [4.69, 9.17) is 0 Å². The second kappa shape index (κ2) is 7.89. The lowest BCUT2D eigenvalue weighted by Gasteiger charge is -2.15. The third kappa shape index (κ3) is 3.86. The minimum absolute atomic E-state index is 0. The summed E-state index contributed by atoms with van der Waals surface area (Å²) in [5.41, 5.74) is 3.00. The van der Waals surface area contributed by atoms with Gasteiger partial charge in [-0.25, -0.2) is 4.98 Å². The number of nitrogens with zero attached hydrogens (tertiary/aromatic N) is 6. The molecule has 1 aliphatic heterocycles. The Morgan fingerprint density at radius 1 is 1.19 bits per heavy atom. The maximum absolute atomic E-state index is 10.4. The first-order valence-electron chi connectivity index (χ1n) is 8.58. The Morgan fingerprint density at radius 3 is 2.63 bits per heavy atom. The molecule has 9 heteroatoms. The van der Waals surface area contributed by atoms with Crippen LogP contribution in [-0.2, 0) is 7.05 Å². The molecule has 1 saturated heterocycles. The second-order valence-corrected chi connectivity index (χ2v) is 6.50. The van der Waals surface area contributed by atoms with Crippen molar-refractivity contribution in [1.29, 1.82) is 0 Å². The van der Waals surface area contributed by atoms with Crippen LogP contribution in [0.1, 0.15) is 6.42 Å². The number of phenols is 1. The highest BCUT2D eigenvalue weighted by Gasteiger charge is 2.23. The molecule has 1 atom stereocenters. The summed E-state index contributed by atoms with van der Waals surface area (Å²) in [6.45, 7) is 1.79. The molecule has 1 aliphatic rings. The Morgan fingerprint density at radius 2 is 2.04 bits per heavy atom. The molecule has 0 aliphatic carbocycles. The van der Waals surface area contributed by atoms with E-state index in [9.17, 15) is 5.11 Å². The lowest BCUT2D eigenvalue weighted by molar-refractivity contribution is 0.477. The van der Waals surface area contributed by atoms with E-state index in [1.165, 1.54) is 0 Å². The minimum atomic E-state index is 0. The van der Waals surface area contributed by atoms with Gasteiger partial charge >= 0.3 is 0 Å². The summed E-state index contributed by atoms with van der Waals surface area (Å²) in [6, 6.07) is 5.93. The molecular formula is C18H22ClN7O. The van der Waals surface area contributed by atoms with Gasteiger partial charge in [-0.3, -0.25) is 4.68 Å². The molecule has 1 fully saturated rings. The van der Waals surface area contributed by atoms with E-state index >= 15 is 0 Å². The quantitative estimate of drug-likeness (QED) is 0.705. The molecule has 8 nitrogen and oxygen atoms in total. The largest absolute Gasteiger partial charge is 0.507 e. The van der Waals surface area contributed by atoms with Crippen LogP contribution in [0.15, 0.2) is 36.8 Å². The van der Waals surface area contributed by atoms with E-state index in [-0.39, 0.29) is 18.2 Å². The topological polar surface area (TPSA) is 92.0 Å². The number of aromatic nitrogens is 5. The highest BCUT2D eigenvalue weighted by atomic mass is 35.5. The van der Waals surface area contributed by atoms with E-state index < -0.39 is 0 Å². The van der Waals surface area contributed by atoms with Gasteiger partial charge in [0.25, 0.3) is 0 Å². The van der Waals surface area contributed by atoms with Gasteiger partial charge in [-0.1, -0.05) is 6.07 Å². The molecule has 3 aromatic rings. The average molecular weight is 388 g/mol. The molecule has 4 rings (SSSR count). The van der Waals surface area contributed by atoms with Crippen molar-refractivity contribution in [2.75, 3.05) is 25.0 Å². The van der Waals surface area contributed by atoms with Crippen LogP contribution >= 0.6 is 12.4 Å². The predicted octanol–water partition coefficient (Wildman–Crippen LogP) is 1.86. The molecule has 2 N–H and O–H groups in total. The lowest BCUT2D eigenvalue weighted by Crippen LogP contribution is -2.30. The van der Waals surface area contributed by atoms with Crippen molar-refractivity contribution in [1.82, 2.24) is 30.3 Å². The van der Waals surface area contributed by atoms with Gasteiger partial charge in [0.2, 0.25) is 5.95 Å². The summed E-state index contributed by atoms with van der Waals surface area (Å²) >= 11 is 0. The standard InChI is InChI=1S/C18H21N7O.ClH/c1-19-14-5-6-25(11-14)18-20-9-16(22-23-18)15-4-3-12(7-17(15)26)13-8-21-24(2)10-13;/h3-4,7-10,14,19,26H,5-6,11H2,1-2H3;1H. The Kier molecular flexibility index (Phi) is 5.57. The van der Waals surface area contributed by atoms with Crippen molar-refractivity contribution in [3.63, 3.8) is 0 Å². The van der Waals surface area contributed by atoms with Gasteiger partial charge in [-0.05, 0) is 31.2 Å². The van der Waals surface area contributed by atoms with E-state index in [2.05, 4.69) is 30.5 Å². The number of nitrogens with one attached hydrogen (secondary N) is 1. The van der Waals surface area contributed by atoms with Crippen LogP contribution in [-0.4, -0.2) is 56.2 Å². The smallest absolute Gasteiger partial charge is 0.245 e. The van der Waals surface area contributed by atoms with Crippen LogP contribution in [0.5, 0.6) is 5.75 Å². The fourth-order valence-electron chi connectivity index (χ4n) is 3.21. The van der Waals surface area contributed by atoms with Crippen molar-refractivity contribution < 1.29 is 5.11 Å². The maximum Gasteiger partial charge on any atom is 0.245 e. The Bertz CT molecular complexity index is 912. The van der Waals surface area contributed by atoms with Crippen molar-refractivity contribution in [3.8, 4) is 28.1 Å². The molecule has 0 radical (unpaired) electrons. The predicted molar refractivity (Wildman–Crippen MR) is 106 cm³/mol. The van der Waals surface area contributed by atoms with Crippen LogP contribution in [0.25, 0.3) is 22.4 Å². The van der Waals surface area contributed by atoms with E-state index in [1.54, 1.807) is 23.1 Å². The fraction of sp³-hybridized carbons (Fsp3) is 0.333. The number of aryl methyl sites for hydroxylation is 1. The molecule has 3 heterocycles. The fourth-order valence-corrected chi connectivity index (χ4v) is 3.21. The number of anilines is 1. The van der Waals surface area contributed by atoms with Gasteiger partial charge < -0.3 is 15.3 Å². The molecule has 2 aromatic heterocycles. The second-order valence-electron chi connectivity index (χ2n) is 6.50. The number of benzene rings is 1. The van der Waals surface area contributed by atoms with Crippen LogP contribution in [0, 0.1) is 0 Å².